The minimum Gasteiger partial charge on any atom is -0.495 e. The number of hydrogen-bond acceptors (Lipinski definition) is 6. The van der Waals surface area contributed by atoms with Crippen molar-refractivity contribution >= 4 is 35.1 Å². The van der Waals surface area contributed by atoms with Crippen molar-refractivity contribution in [2.24, 2.45) is 11.8 Å². The Labute approximate surface area is 174 Å². The second-order valence-corrected chi connectivity index (χ2v) is 7.78. The van der Waals surface area contributed by atoms with Crippen LogP contribution in [-0.4, -0.2) is 43.6 Å². The molecule has 1 aromatic carbocycles. The number of benzene rings is 1. The number of hydrogen-bond donors (Lipinski definition) is 1. The number of nitrogens with one attached hydrogen (secondary N) is 1. The zero-order chi connectivity index (χ0) is 21.8. The number of ether oxygens (including phenoxy) is 2. The Balaban J connectivity index is 1.99. The molecule has 1 aliphatic heterocycles. The number of nitriles is 1. The summed E-state index contributed by atoms with van der Waals surface area (Å²) < 4.78 is 10.3. The van der Waals surface area contributed by atoms with Crippen molar-refractivity contribution in [1.29, 1.82) is 5.26 Å². The first-order chi connectivity index (χ1) is 13.6. The Kier molecular flexibility index (Phi) is 7.09. The van der Waals surface area contributed by atoms with E-state index in [1.807, 2.05) is 0 Å². The van der Waals surface area contributed by atoms with Gasteiger partial charge in [-0.05, 0) is 31.0 Å². The van der Waals surface area contributed by atoms with Crippen molar-refractivity contribution in [3.8, 4) is 11.8 Å². The maximum atomic E-state index is 12.4. The standard InChI is InChI=1S/C20H24ClN3O5/c1-12(2)20(3,11-22)23-17(25)10-29-19(27)13-7-18(26)24(9-13)15-8-14(21)5-6-16(15)28-4/h5-6,8,12-13H,7,9-10H2,1-4H3,(H,23,25)/t13-,20+/m1/s1. The van der Waals surface area contributed by atoms with Crippen LogP contribution in [0.15, 0.2) is 18.2 Å². The first-order valence-electron chi connectivity index (χ1n) is 9.14. The minimum absolute atomic E-state index is 0.0436. The van der Waals surface area contributed by atoms with E-state index < -0.39 is 29.9 Å². The lowest BCUT2D eigenvalue weighted by Gasteiger charge is -2.27. The van der Waals surface area contributed by atoms with Crippen molar-refractivity contribution in [3.63, 3.8) is 0 Å². The molecule has 29 heavy (non-hydrogen) atoms. The summed E-state index contributed by atoms with van der Waals surface area (Å²) in [7, 11) is 1.48. The molecule has 1 N–H and O–H groups in total. The summed E-state index contributed by atoms with van der Waals surface area (Å²) in [4.78, 5) is 38.3. The molecule has 0 saturated carbocycles. The number of halogens is 1. The molecule has 0 aromatic heterocycles. The van der Waals surface area contributed by atoms with E-state index in [0.717, 1.165) is 0 Å². The quantitative estimate of drug-likeness (QED) is 0.676. The van der Waals surface area contributed by atoms with E-state index in [-0.39, 0.29) is 24.8 Å². The molecule has 0 bridgehead atoms. The van der Waals surface area contributed by atoms with Crippen LogP contribution in [0.25, 0.3) is 0 Å². The molecule has 1 aromatic rings. The summed E-state index contributed by atoms with van der Waals surface area (Å²) in [6.45, 7) is 4.78. The summed E-state index contributed by atoms with van der Waals surface area (Å²) in [6.07, 6.45) is -0.0436. The van der Waals surface area contributed by atoms with E-state index in [9.17, 15) is 19.6 Å². The van der Waals surface area contributed by atoms with E-state index in [1.165, 1.54) is 12.0 Å². The topological polar surface area (TPSA) is 109 Å². The molecule has 2 atom stereocenters. The molecule has 1 fully saturated rings. The van der Waals surface area contributed by atoms with Gasteiger partial charge in [-0.25, -0.2) is 0 Å². The van der Waals surface area contributed by atoms with Gasteiger partial charge in [0.25, 0.3) is 5.91 Å². The third-order valence-electron chi connectivity index (χ3n) is 5.02. The predicted octanol–water partition coefficient (Wildman–Crippen LogP) is 2.30. The van der Waals surface area contributed by atoms with Gasteiger partial charge in [0.15, 0.2) is 6.61 Å². The van der Waals surface area contributed by atoms with Gasteiger partial charge >= 0.3 is 5.97 Å². The predicted molar refractivity (Wildman–Crippen MR) is 106 cm³/mol. The number of carbonyl (C=O) groups excluding carboxylic acids is 3. The molecule has 2 rings (SSSR count). The third-order valence-corrected chi connectivity index (χ3v) is 5.26. The summed E-state index contributed by atoms with van der Waals surface area (Å²) in [5.74, 6) is -1.88. The molecule has 0 radical (unpaired) electrons. The van der Waals surface area contributed by atoms with E-state index in [2.05, 4.69) is 11.4 Å². The highest BCUT2D eigenvalue weighted by Gasteiger charge is 2.38. The Morgan fingerprint density at radius 2 is 2.14 bits per heavy atom. The number of anilines is 1. The van der Waals surface area contributed by atoms with Gasteiger partial charge in [-0.3, -0.25) is 14.4 Å². The summed E-state index contributed by atoms with van der Waals surface area (Å²) in [6, 6.07) is 6.92. The molecular weight excluding hydrogens is 398 g/mol. The lowest BCUT2D eigenvalue weighted by Crippen LogP contribution is -2.50. The monoisotopic (exact) mass is 421 g/mol. The number of carbonyl (C=O) groups is 3. The van der Waals surface area contributed by atoms with Crippen molar-refractivity contribution in [2.45, 2.75) is 32.7 Å². The summed E-state index contributed by atoms with van der Waals surface area (Å²) in [5, 5.41) is 12.2. The molecule has 9 heteroatoms. The van der Waals surface area contributed by atoms with Gasteiger partial charge in [0, 0.05) is 18.0 Å². The molecule has 8 nitrogen and oxygen atoms in total. The number of methoxy groups -OCH3 is 1. The normalized spacial score (nSPS) is 18.2. The molecule has 1 aliphatic rings. The Hall–Kier alpha value is -2.79. The van der Waals surface area contributed by atoms with Crippen LogP contribution in [0.5, 0.6) is 5.75 Å². The molecule has 156 valence electrons. The lowest BCUT2D eigenvalue weighted by atomic mass is 9.90. The highest BCUT2D eigenvalue weighted by atomic mass is 35.5. The van der Waals surface area contributed by atoms with Gasteiger partial charge in [-0.2, -0.15) is 5.26 Å². The average molecular weight is 422 g/mol. The van der Waals surface area contributed by atoms with Gasteiger partial charge in [0.2, 0.25) is 5.91 Å². The van der Waals surface area contributed by atoms with Crippen molar-refractivity contribution in [1.82, 2.24) is 5.32 Å². The highest BCUT2D eigenvalue weighted by Crippen LogP contribution is 2.35. The first-order valence-corrected chi connectivity index (χ1v) is 9.52. The molecule has 2 amide bonds. The van der Waals surface area contributed by atoms with Crippen molar-refractivity contribution in [2.75, 3.05) is 25.2 Å². The Bertz CT molecular complexity index is 851. The van der Waals surface area contributed by atoms with Gasteiger partial charge in [0.05, 0.1) is 24.8 Å². The van der Waals surface area contributed by atoms with Crippen molar-refractivity contribution < 1.29 is 23.9 Å². The Morgan fingerprint density at radius 1 is 1.45 bits per heavy atom. The smallest absolute Gasteiger partial charge is 0.311 e. The van der Waals surface area contributed by atoms with Crippen LogP contribution in [0.1, 0.15) is 27.2 Å². The van der Waals surface area contributed by atoms with E-state index in [0.29, 0.717) is 16.5 Å². The second kappa shape index (κ2) is 9.14. The van der Waals surface area contributed by atoms with E-state index in [4.69, 9.17) is 21.1 Å². The average Bonchev–Trinajstić information content (AvgIpc) is 3.07. The maximum Gasteiger partial charge on any atom is 0.311 e. The number of nitrogens with zero attached hydrogens (tertiary/aromatic N) is 2. The van der Waals surface area contributed by atoms with Gasteiger partial charge in [-0.1, -0.05) is 25.4 Å². The van der Waals surface area contributed by atoms with Crippen LogP contribution in [0.2, 0.25) is 5.02 Å². The summed E-state index contributed by atoms with van der Waals surface area (Å²) >= 11 is 6.02. The Morgan fingerprint density at radius 3 is 2.72 bits per heavy atom. The molecular formula is C20H24ClN3O5. The number of esters is 1. The van der Waals surface area contributed by atoms with Gasteiger partial charge in [0.1, 0.15) is 11.3 Å². The van der Waals surface area contributed by atoms with Gasteiger partial charge in [-0.15, -0.1) is 0 Å². The fourth-order valence-corrected chi connectivity index (χ4v) is 3.02. The van der Waals surface area contributed by atoms with Crippen LogP contribution in [0, 0.1) is 23.2 Å². The summed E-state index contributed by atoms with van der Waals surface area (Å²) in [5.41, 5.74) is -0.591. The zero-order valence-electron chi connectivity index (χ0n) is 16.8. The largest absolute Gasteiger partial charge is 0.495 e. The molecule has 0 unspecified atom stereocenters. The number of rotatable bonds is 7. The van der Waals surface area contributed by atoms with E-state index in [1.54, 1.807) is 39.0 Å². The fraction of sp³-hybridized carbons (Fsp3) is 0.500. The molecule has 1 saturated heterocycles. The minimum atomic E-state index is -1.06. The van der Waals surface area contributed by atoms with Crippen LogP contribution in [0.4, 0.5) is 5.69 Å². The van der Waals surface area contributed by atoms with Crippen LogP contribution < -0.4 is 15.0 Å². The molecule has 0 spiro atoms. The SMILES string of the molecule is COc1ccc(Cl)cc1N1C[C@H](C(=O)OCC(=O)N[C@@](C)(C#N)C(C)C)CC1=O. The number of amides is 2. The molecule has 1 heterocycles. The third kappa shape index (κ3) is 5.18. The maximum absolute atomic E-state index is 12.4. The lowest BCUT2D eigenvalue weighted by molar-refractivity contribution is -0.152. The van der Waals surface area contributed by atoms with Crippen LogP contribution in [0.3, 0.4) is 0 Å². The van der Waals surface area contributed by atoms with Gasteiger partial charge < -0.3 is 19.7 Å². The fourth-order valence-electron chi connectivity index (χ4n) is 2.85. The van der Waals surface area contributed by atoms with E-state index >= 15 is 0 Å². The van der Waals surface area contributed by atoms with Crippen molar-refractivity contribution in [3.05, 3.63) is 23.2 Å². The highest BCUT2D eigenvalue weighted by molar-refractivity contribution is 6.31. The molecule has 0 aliphatic carbocycles. The van der Waals surface area contributed by atoms with Crippen LogP contribution >= 0.6 is 11.6 Å². The second-order valence-electron chi connectivity index (χ2n) is 7.35. The first kappa shape index (κ1) is 22.5. The zero-order valence-corrected chi connectivity index (χ0v) is 17.6. The van der Waals surface area contributed by atoms with Crippen LogP contribution in [-0.2, 0) is 19.1 Å².